The summed E-state index contributed by atoms with van der Waals surface area (Å²) in [5.41, 5.74) is 0. The second kappa shape index (κ2) is 4.04. The molecule has 15 heavy (non-hydrogen) atoms. The molecule has 2 saturated carbocycles. The zero-order chi connectivity index (χ0) is 10.1. The summed E-state index contributed by atoms with van der Waals surface area (Å²) in [4.78, 5) is 0. The van der Waals surface area contributed by atoms with E-state index in [0.717, 1.165) is 51.4 Å². The summed E-state index contributed by atoms with van der Waals surface area (Å²) >= 11 is 0. The van der Waals surface area contributed by atoms with E-state index < -0.39 is 0 Å². The van der Waals surface area contributed by atoms with Crippen LogP contribution in [0.5, 0.6) is 0 Å². The Morgan fingerprint density at radius 3 is 2.27 bits per heavy atom. The number of hydrogen-bond donors (Lipinski definition) is 0. The maximum Gasteiger partial charge on any atom is 0.168 e. The van der Waals surface area contributed by atoms with E-state index >= 15 is 0 Å². The molecule has 0 bridgehead atoms. The fraction of sp³-hybridized carbons (Fsp3) is 1.00. The van der Waals surface area contributed by atoms with Crippen LogP contribution < -0.4 is 0 Å². The third kappa shape index (κ3) is 2.35. The molecule has 86 valence electrons. The number of hydrogen-bond acceptors (Lipinski definition) is 3. The highest BCUT2D eigenvalue weighted by Gasteiger charge is 2.40. The van der Waals surface area contributed by atoms with Crippen LogP contribution >= 0.6 is 0 Å². The van der Waals surface area contributed by atoms with Gasteiger partial charge < -0.3 is 14.2 Å². The van der Waals surface area contributed by atoms with Crippen LogP contribution in [0, 0.1) is 5.92 Å². The Morgan fingerprint density at radius 1 is 1.00 bits per heavy atom. The van der Waals surface area contributed by atoms with Crippen LogP contribution in [0.25, 0.3) is 0 Å². The standard InChI is InChI=1S/C12H20O3/c1-2-10(1)9-13-11-3-5-12(6-4-11)14-7-8-15-12/h10-11H,1-9H2. The highest BCUT2D eigenvalue weighted by Crippen LogP contribution is 2.37. The topological polar surface area (TPSA) is 27.7 Å². The minimum atomic E-state index is -0.223. The van der Waals surface area contributed by atoms with Gasteiger partial charge in [0.2, 0.25) is 0 Å². The SMILES string of the molecule is C1COC2(CCC(OCC3CC3)CC2)O1. The quantitative estimate of drug-likeness (QED) is 0.717. The van der Waals surface area contributed by atoms with Crippen molar-refractivity contribution in [2.45, 2.75) is 50.4 Å². The summed E-state index contributed by atoms with van der Waals surface area (Å²) in [5.74, 6) is 0.652. The van der Waals surface area contributed by atoms with Crippen molar-refractivity contribution in [3.05, 3.63) is 0 Å². The van der Waals surface area contributed by atoms with E-state index in [1.165, 1.54) is 12.8 Å². The largest absolute Gasteiger partial charge is 0.378 e. The molecule has 3 heteroatoms. The number of rotatable bonds is 3. The summed E-state index contributed by atoms with van der Waals surface area (Å²) in [5, 5.41) is 0. The first kappa shape index (κ1) is 10.1. The normalized spacial score (nSPS) is 31.2. The Morgan fingerprint density at radius 2 is 1.67 bits per heavy atom. The van der Waals surface area contributed by atoms with Gasteiger partial charge in [-0.05, 0) is 31.6 Å². The Labute approximate surface area is 91.1 Å². The lowest BCUT2D eigenvalue weighted by molar-refractivity contribution is -0.192. The average molecular weight is 212 g/mol. The zero-order valence-electron chi connectivity index (χ0n) is 9.24. The summed E-state index contributed by atoms with van der Waals surface area (Å²) in [6, 6.07) is 0. The summed E-state index contributed by atoms with van der Waals surface area (Å²) in [6.07, 6.45) is 7.46. The summed E-state index contributed by atoms with van der Waals surface area (Å²) in [7, 11) is 0. The highest BCUT2D eigenvalue weighted by molar-refractivity contribution is 4.83. The fourth-order valence-electron chi connectivity index (χ4n) is 2.54. The van der Waals surface area contributed by atoms with Crippen LogP contribution in [0.3, 0.4) is 0 Å². The Bertz CT molecular complexity index is 209. The predicted octanol–water partition coefficient (Wildman–Crippen LogP) is 2.10. The molecule has 3 fully saturated rings. The molecule has 1 aliphatic heterocycles. The molecule has 3 nitrogen and oxygen atoms in total. The highest BCUT2D eigenvalue weighted by atomic mass is 16.7. The van der Waals surface area contributed by atoms with Crippen LogP contribution in [0.4, 0.5) is 0 Å². The molecule has 2 aliphatic carbocycles. The molecule has 0 atom stereocenters. The van der Waals surface area contributed by atoms with Gasteiger partial charge in [-0.3, -0.25) is 0 Å². The summed E-state index contributed by atoms with van der Waals surface area (Å²) in [6.45, 7) is 2.53. The minimum Gasteiger partial charge on any atom is -0.378 e. The maximum atomic E-state index is 5.90. The molecule has 0 amide bonds. The molecule has 0 radical (unpaired) electrons. The average Bonchev–Trinajstić information content (AvgIpc) is 2.99. The van der Waals surface area contributed by atoms with Crippen molar-refractivity contribution in [2.24, 2.45) is 5.92 Å². The molecule has 0 aromatic rings. The van der Waals surface area contributed by atoms with Gasteiger partial charge in [0.15, 0.2) is 5.79 Å². The van der Waals surface area contributed by atoms with Gasteiger partial charge in [-0.1, -0.05) is 0 Å². The van der Waals surface area contributed by atoms with E-state index in [2.05, 4.69) is 0 Å². The Hall–Kier alpha value is -0.120. The Kier molecular flexibility index (Phi) is 2.71. The zero-order valence-corrected chi connectivity index (χ0v) is 9.24. The second-order valence-electron chi connectivity index (χ2n) is 5.08. The molecule has 3 rings (SSSR count). The lowest BCUT2D eigenvalue weighted by Gasteiger charge is -2.35. The van der Waals surface area contributed by atoms with Crippen LogP contribution in [0.1, 0.15) is 38.5 Å². The van der Waals surface area contributed by atoms with Crippen molar-refractivity contribution >= 4 is 0 Å². The van der Waals surface area contributed by atoms with Gasteiger partial charge in [0.25, 0.3) is 0 Å². The molecular weight excluding hydrogens is 192 g/mol. The van der Waals surface area contributed by atoms with E-state index in [9.17, 15) is 0 Å². The third-order valence-electron chi connectivity index (χ3n) is 3.77. The molecule has 3 aliphatic rings. The molecule has 1 spiro atoms. The van der Waals surface area contributed by atoms with Crippen molar-refractivity contribution < 1.29 is 14.2 Å². The van der Waals surface area contributed by atoms with Crippen LogP contribution in [0.15, 0.2) is 0 Å². The van der Waals surface area contributed by atoms with Gasteiger partial charge >= 0.3 is 0 Å². The molecule has 0 unspecified atom stereocenters. The van der Waals surface area contributed by atoms with E-state index in [-0.39, 0.29) is 5.79 Å². The molecule has 0 aromatic heterocycles. The summed E-state index contributed by atoms with van der Waals surface area (Å²) < 4.78 is 17.3. The van der Waals surface area contributed by atoms with Crippen molar-refractivity contribution in [3.63, 3.8) is 0 Å². The number of ether oxygens (including phenoxy) is 3. The fourth-order valence-corrected chi connectivity index (χ4v) is 2.54. The lowest BCUT2D eigenvalue weighted by Crippen LogP contribution is -2.37. The minimum absolute atomic E-state index is 0.223. The van der Waals surface area contributed by atoms with Crippen LogP contribution in [0.2, 0.25) is 0 Å². The van der Waals surface area contributed by atoms with Gasteiger partial charge in [0.05, 0.1) is 19.3 Å². The van der Waals surface area contributed by atoms with Gasteiger partial charge in [0, 0.05) is 19.4 Å². The smallest absolute Gasteiger partial charge is 0.168 e. The van der Waals surface area contributed by atoms with Crippen molar-refractivity contribution in [3.8, 4) is 0 Å². The molecule has 0 aromatic carbocycles. The lowest BCUT2D eigenvalue weighted by atomic mass is 9.92. The maximum absolute atomic E-state index is 5.90. The van der Waals surface area contributed by atoms with Gasteiger partial charge in [-0.25, -0.2) is 0 Å². The predicted molar refractivity (Wildman–Crippen MR) is 55.6 cm³/mol. The first-order valence-electron chi connectivity index (χ1n) is 6.26. The van der Waals surface area contributed by atoms with E-state index in [4.69, 9.17) is 14.2 Å². The first-order valence-corrected chi connectivity index (χ1v) is 6.26. The molecule has 0 N–H and O–H groups in total. The van der Waals surface area contributed by atoms with Crippen molar-refractivity contribution in [1.29, 1.82) is 0 Å². The van der Waals surface area contributed by atoms with Gasteiger partial charge in [0.1, 0.15) is 0 Å². The van der Waals surface area contributed by atoms with Gasteiger partial charge in [-0.2, -0.15) is 0 Å². The molecular formula is C12H20O3. The van der Waals surface area contributed by atoms with Crippen molar-refractivity contribution in [1.82, 2.24) is 0 Å². The van der Waals surface area contributed by atoms with Crippen LogP contribution in [-0.4, -0.2) is 31.7 Å². The first-order chi connectivity index (χ1) is 7.36. The van der Waals surface area contributed by atoms with E-state index in [0.29, 0.717) is 6.10 Å². The Balaban J connectivity index is 1.43. The van der Waals surface area contributed by atoms with E-state index in [1.54, 1.807) is 0 Å². The van der Waals surface area contributed by atoms with E-state index in [1.807, 2.05) is 0 Å². The van der Waals surface area contributed by atoms with Crippen LogP contribution in [-0.2, 0) is 14.2 Å². The van der Waals surface area contributed by atoms with Crippen molar-refractivity contribution in [2.75, 3.05) is 19.8 Å². The molecule has 1 saturated heterocycles. The monoisotopic (exact) mass is 212 g/mol. The molecule has 1 heterocycles. The third-order valence-corrected chi connectivity index (χ3v) is 3.77. The van der Waals surface area contributed by atoms with Gasteiger partial charge in [-0.15, -0.1) is 0 Å². The second-order valence-corrected chi connectivity index (χ2v) is 5.08.